The third-order valence-corrected chi connectivity index (χ3v) is 3.01. The molecule has 16 heavy (non-hydrogen) atoms. The molecule has 0 fully saturated rings. The average Bonchev–Trinajstić information content (AvgIpc) is 2.28. The third-order valence-electron chi connectivity index (χ3n) is 2.09. The third kappa shape index (κ3) is 3.26. The summed E-state index contributed by atoms with van der Waals surface area (Å²) in [5, 5.41) is 3.25. The summed E-state index contributed by atoms with van der Waals surface area (Å²) in [6.07, 6.45) is 5.97. The minimum Gasteiger partial charge on any atom is -0.338 e. The first-order chi connectivity index (χ1) is 7.58. The molecule has 0 saturated carbocycles. The minimum atomic E-state index is -0.251. The van der Waals surface area contributed by atoms with E-state index in [4.69, 9.17) is 18.0 Å². The van der Waals surface area contributed by atoms with E-state index >= 15 is 0 Å². The fourth-order valence-corrected chi connectivity index (χ4v) is 1.77. The number of terminal acetylenes is 1. The Balaban J connectivity index is 2.89. The molecule has 0 aromatic heterocycles. The molecule has 4 heteroatoms. The van der Waals surface area contributed by atoms with Crippen LogP contribution in [0, 0.1) is 12.3 Å². The molecule has 2 nitrogen and oxygen atoms in total. The number of carbonyl (C=O) groups excluding carboxylic acids is 1. The molecule has 1 rings (SSSR count). The lowest BCUT2D eigenvalue weighted by molar-refractivity contribution is 0.0944. The second-order valence-corrected chi connectivity index (χ2v) is 4.52. The predicted molar refractivity (Wildman–Crippen MR) is 69.5 cm³/mol. The highest BCUT2D eigenvalue weighted by atomic mass is 79.9. The van der Waals surface area contributed by atoms with Crippen LogP contribution in [0.4, 0.5) is 0 Å². The molecule has 0 aliphatic rings. The molecule has 84 valence electrons. The highest BCUT2D eigenvalue weighted by Crippen LogP contribution is 2.21. The zero-order chi connectivity index (χ0) is 12.1. The van der Waals surface area contributed by atoms with Crippen molar-refractivity contribution < 1.29 is 4.79 Å². The first-order valence-electron chi connectivity index (χ1n) is 4.80. The van der Waals surface area contributed by atoms with E-state index in [-0.39, 0.29) is 11.9 Å². The van der Waals surface area contributed by atoms with E-state index < -0.39 is 0 Å². The molecule has 1 amide bonds. The van der Waals surface area contributed by atoms with Crippen LogP contribution < -0.4 is 5.32 Å². The molecule has 1 aromatic carbocycles. The molecule has 1 aromatic rings. The molecule has 0 bridgehead atoms. The van der Waals surface area contributed by atoms with Crippen LogP contribution in [0.15, 0.2) is 22.7 Å². The fourth-order valence-electron chi connectivity index (χ4n) is 1.17. The van der Waals surface area contributed by atoms with Gasteiger partial charge in [0.15, 0.2) is 0 Å². The number of halogens is 2. The van der Waals surface area contributed by atoms with Gasteiger partial charge in [-0.05, 0) is 40.5 Å². The summed E-state index contributed by atoms with van der Waals surface area (Å²) in [4.78, 5) is 11.9. The Hall–Kier alpha value is -0.980. The Bertz CT molecular complexity index is 439. The zero-order valence-electron chi connectivity index (χ0n) is 8.76. The maximum Gasteiger partial charge on any atom is 0.253 e. The van der Waals surface area contributed by atoms with Crippen molar-refractivity contribution in [3.05, 3.63) is 33.3 Å². The molecule has 1 unspecified atom stereocenters. The van der Waals surface area contributed by atoms with Crippen molar-refractivity contribution in [1.29, 1.82) is 0 Å². The van der Waals surface area contributed by atoms with Crippen LogP contribution in [-0.4, -0.2) is 11.9 Å². The Morgan fingerprint density at radius 2 is 2.38 bits per heavy atom. The van der Waals surface area contributed by atoms with Crippen LogP contribution in [-0.2, 0) is 0 Å². The van der Waals surface area contributed by atoms with E-state index in [2.05, 4.69) is 27.2 Å². The molecule has 1 N–H and O–H groups in total. The normalized spacial score (nSPS) is 11.6. The second-order valence-electron chi connectivity index (χ2n) is 3.23. The first kappa shape index (κ1) is 13.1. The molecule has 0 aliphatic carbocycles. The number of nitrogens with one attached hydrogen (secondary N) is 1. The van der Waals surface area contributed by atoms with Crippen molar-refractivity contribution >= 4 is 33.4 Å². The second kappa shape index (κ2) is 5.93. The zero-order valence-corrected chi connectivity index (χ0v) is 11.1. The van der Waals surface area contributed by atoms with E-state index in [1.54, 1.807) is 18.2 Å². The average molecular weight is 301 g/mol. The lowest BCUT2D eigenvalue weighted by Crippen LogP contribution is -2.33. The van der Waals surface area contributed by atoms with Crippen LogP contribution in [0.2, 0.25) is 5.02 Å². The van der Waals surface area contributed by atoms with Gasteiger partial charge in [0.2, 0.25) is 0 Å². The van der Waals surface area contributed by atoms with Crippen LogP contribution in [0.25, 0.3) is 0 Å². The van der Waals surface area contributed by atoms with Crippen LogP contribution in [0.1, 0.15) is 23.7 Å². The van der Waals surface area contributed by atoms with Crippen molar-refractivity contribution in [1.82, 2.24) is 5.32 Å². The van der Waals surface area contributed by atoms with Gasteiger partial charge in [-0.3, -0.25) is 4.79 Å². The van der Waals surface area contributed by atoms with Gasteiger partial charge in [0, 0.05) is 9.50 Å². The largest absolute Gasteiger partial charge is 0.338 e. The molecule has 1 atom stereocenters. The van der Waals surface area contributed by atoms with Crippen LogP contribution in [0.3, 0.4) is 0 Å². The van der Waals surface area contributed by atoms with E-state index in [0.29, 0.717) is 21.5 Å². The van der Waals surface area contributed by atoms with Gasteiger partial charge in [-0.1, -0.05) is 24.4 Å². The predicted octanol–water partition coefficient (Wildman–Crippen LogP) is 3.24. The van der Waals surface area contributed by atoms with Gasteiger partial charge >= 0.3 is 0 Å². The van der Waals surface area contributed by atoms with Gasteiger partial charge < -0.3 is 5.32 Å². The van der Waals surface area contributed by atoms with Gasteiger partial charge in [-0.15, -0.1) is 6.42 Å². The van der Waals surface area contributed by atoms with Gasteiger partial charge in [-0.25, -0.2) is 0 Å². The maximum absolute atomic E-state index is 11.9. The van der Waals surface area contributed by atoms with Crippen molar-refractivity contribution in [2.75, 3.05) is 0 Å². The van der Waals surface area contributed by atoms with E-state index in [1.807, 2.05) is 6.92 Å². The number of hydrogen-bond acceptors (Lipinski definition) is 1. The van der Waals surface area contributed by atoms with Crippen molar-refractivity contribution in [2.45, 2.75) is 19.4 Å². The highest BCUT2D eigenvalue weighted by molar-refractivity contribution is 9.10. The Morgan fingerprint density at radius 3 is 2.94 bits per heavy atom. The molecular formula is C12H11BrClNO. The number of hydrogen-bond donors (Lipinski definition) is 1. The summed E-state index contributed by atoms with van der Waals surface area (Å²) in [5.74, 6) is 2.28. The van der Waals surface area contributed by atoms with Crippen molar-refractivity contribution in [3.8, 4) is 12.3 Å². The minimum absolute atomic E-state index is 0.223. The molecule has 0 spiro atoms. The molecule has 0 heterocycles. The van der Waals surface area contributed by atoms with E-state index in [9.17, 15) is 4.79 Å². The van der Waals surface area contributed by atoms with Crippen molar-refractivity contribution in [2.24, 2.45) is 0 Å². The topological polar surface area (TPSA) is 29.1 Å². The molecular weight excluding hydrogens is 289 g/mol. The number of amides is 1. The van der Waals surface area contributed by atoms with Gasteiger partial charge in [-0.2, -0.15) is 0 Å². The number of benzene rings is 1. The van der Waals surface area contributed by atoms with E-state index in [1.165, 1.54) is 0 Å². The number of carbonyl (C=O) groups is 1. The first-order valence-corrected chi connectivity index (χ1v) is 5.97. The Labute approximate surface area is 109 Å². The summed E-state index contributed by atoms with van der Waals surface area (Å²) in [6.45, 7) is 1.91. The van der Waals surface area contributed by atoms with E-state index in [0.717, 1.165) is 0 Å². The summed E-state index contributed by atoms with van der Waals surface area (Å²) in [7, 11) is 0. The van der Waals surface area contributed by atoms with Gasteiger partial charge in [0.1, 0.15) is 0 Å². The van der Waals surface area contributed by atoms with Crippen molar-refractivity contribution in [3.63, 3.8) is 0 Å². The summed E-state index contributed by atoms with van der Waals surface area (Å²) >= 11 is 9.12. The molecule has 0 radical (unpaired) electrons. The number of rotatable bonds is 3. The highest BCUT2D eigenvalue weighted by Gasteiger charge is 2.13. The molecule has 0 saturated heterocycles. The maximum atomic E-state index is 11.9. The smallest absolute Gasteiger partial charge is 0.253 e. The lowest BCUT2D eigenvalue weighted by Gasteiger charge is -2.11. The summed E-state index contributed by atoms with van der Waals surface area (Å²) in [5.41, 5.74) is 0.487. The summed E-state index contributed by atoms with van der Waals surface area (Å²) < 4.78 is 0.696. The van der Waals surface area contributed by atoms with Gasteiger partial charge in [0.05, 0.1) is 11.6 Å². The standard InChI is InChI=1S/C12H11BrClNO/c1-3-9(4-2)15-12(16)10-7-8(14)5-6-11(10)13/h1,5-7,9H,4H2,2H3,(H,15,16). The SMILES string of the molecule is C#CC(CC)NC(=O)c1cc(Cl)ccc1Br. The summed E-state index contributed by atoms with van der Waals surface area (Å²) in [6, 6.07) is 4.79. The lowest BCUT2D eigenvalue weighted by atomic mass is 10.2. The quantitative estimate of drug-likeness (QED) is 0.853. The monoisotopic (exact) mass is 299 g/mol. The molecule has 0 aliphatic heterocycles. The van der Waals surface area contributed by atoms with Crippen LogP contribution in [0.5, 0.6) is 0 Å². The Morgan fingerprint density at radius 1 is 1.69 bits per heavy atom. The van der Waals surface area contributed by atoms with Crippen LogP contribution >= 0.6 is 27.5 Å². The van der Waals surface area contributed by atoms with Gasteiger partial charge in [0.25, 0.3) is 5.91 Å². The Kier molecular flexibility index (Phi) is 4.85. The fraction of sp³-hybridized carbons (Fsp3) is 0.250.